The Bertz CT molecular complexity index is 945. The number of aliphatic hydroxyl groups is 3. The van der Waals surface area contributed by atoms with Crippen molar-refractivity contribution >= 4 is 11.0 Å². The van der Waals surface area contributed by atoms with E-state index in [0.717, 1.165) is 27.9 Å². The van der Waals surface area contributed by atoms with Gasteiger partial charge in [0, 0.05) is 23.8 Å². The molecule has 4 N–H and O–H groups in total. The van der Waals surface area contributed by atoms with Gasteiger partial charge in [-0.1, -0.05) is 18.2 Å². The monoisotopic (exact) mass is 384 g/mol. The van der Waals surface area contributed by atoms with Crippen LogP contribution in [0.25, 0.3) is 11.0 Å². The van der Waals surface area contributed by atoms with Crippen LogP contribution in [-0.4, -0.2) is 45.3 Å². The van der Waals surface area contributed by atoms with Crippen molar-refractivity contribution in [3.8, 4) is 5.75 Å². The molecule has 28 heavy (non-hydrogen) atoms. The Kier molecular flexibility index (Phi) is 5.12. The van der Waals surface area contributed by atoms with Gasteiger partial charge in [0.1, 0.15) is 29.3 Å². The van der Waals surface area contributed by atoms with Crippen LogP contribution in [0.1, 0.15) is 35.0 Å². The number of fused-ring (bicyclic) bond motifs is 1. The molecule has 4 atom stereocenters. The fourth-order valence-electron chi connectivity index (χ4n) is 3.82. The number of hydrogen-bond donors (Lipinski definition) is 4. The first-order valence-corrected chi connectivity index (χ1v) is 9.38. The lowest BCUT2D eigenvalue weighted by Crippen LogP contribution is -2.44. The van der Waals surface area contributed by atoms with Gasteiger partial charge >= 0.3 is 0 Å². The summed E-state index contributed by atoms with van der Waals surface area (Å²) in [4.78, 5) is 0. The molecule has 1 aliphatic heterocycles. The maximum absolute atomic E-state index is 10.5. The Morgan fingerprint density at radius 3 is 2.64 bits per heavy atom. The molecule has 6 nitrogen and oxygen atoms in total. The van der Waals surface area contributed by atoms with Gasteiger partial charge < -0.3 is 29.6 Å². The first-order valence-electron chi connectivity index (χ1n) is 9.38. The quantitative estimate of drug-likeness (QED) is 0.551. The molecule has 4 rings (SSSR count). The zero-order chi connectivity index (χ0) is 19.8. The SMILES string of the molecule is Cc1cc(O)c([C@@H]2O[C@H](CO)C[C@H](O)C2O)cc1Cc1cc2ccccc2o1. The molecule has 6 heteroatoms. The standard InChI is InChI=1S/C22H24O6/c1-12-6-18(24)17(22-21(26)19(25)10-16(11-23)28-22)9-14(12)8-15-7-13-4-2-3-5-20(13)27-15/h2-7,9,16,19,21-26H,8,10-11H2,1H3/t16-,19-,21?,22-/m0/s1. The molecule has 0 radical (unpaired) electrons. The van der Waals surface area contributed by atoms with Gasteiger partial charge in [0.15, 0.2) is 0 Å². The van der Waals surface area contributed by atoms with Crippen molar-refractivity contribution < 1.29 is 29.6 Å². The van der Waals surface area contributed by atoms with Crippen molar-refractivity contribution in [2.45, 2.75) is 44.2 Å². The van der Waals surface area contributed by atoms with E-state index in [2.05, 4.69) is 0 Å². The van der Waals surface area contributed by atoms with E-state index in [4.69, 9.17) is 9.15 Å². The number of aromatic hydroxyl groups is 1. The van der Waals surface area contributed by atoms with E-state index in [-0.39, 0.29) is 18.8 Å². The molecule has 3 aromatic rings. The average Bonchev–Trinajstić information content (AvgIpc) is 3.08. The van der Waals surface area contributed by atoms with Gasteiger partial charge in [-0.15, -0.1) is 0 Å². The zero-order valence-corrected chi connectivity index (χ0v) is 15.6. The van der Waals surface area contributed by atoms with Crippen LogP contribution in [0, 0.1) is 6.92 Å². The van der Waals surface area contributed by atoms with Crippen molar-refractivity contribution in [2.24, 2.45) is 0 Å². The highest BCUT2D eigenvalue weighted by Gasteiger charge is 2.38. The number of phenolic OH excluding ortho intramolecular Hbond substituents is 1. The first-order chi connectivity index (χ1) is 13.5. The summed E-state index contributed by atoms with van der Waals surface area (Å²) in [7, 11) is 0. The zero-order valence-electron chi connectivity index (χ0n) is 15.6. The van der Waals surface area contributed by atoms with Crippen LogP contribution in [0.4, 0.5) is 0 Å². The second-order valence-corrected chi connectivity index (χ2v) is 7.42. The Morgan fingerprint density at radius 1 is 1.11 bits per heavy atom. The van der Waals surface area contributed by atoms with Gasteiger partial charge in [0.05, 0.1) is 18.8 Å². The van der Waals surface area contributed by atoms with Crippen LogP contribution in [0.2, 0.25) is 0 Å². The van der Waals surface area contributed by atoms with E-state index in [1.165, 1.54) is 0 Å². The molecule has 148 valence electrons. The summed E-state index contributed by atoms with van der Waals surface area (Å²) >= 11 is 0. The molecule has 0 aliphatic carbocycles. The Labute approximate surface area is 162 Å². The summed E-state index contributed by atoms with van der Waals surface area (Å²) in [5.74, 6) is 0.778. The summed E-state index contributed by atoms with van der Waals surface area (Å²) in [6, 6.07) is 13.2. The molecule has 0 bridgehead atoms. The van der Waals surface area contributed by atoms with Crippen molar-refractivity contribution in [1.29, 1.82) is 0 Å². The molecule has 1 saturated heterocycles. The van der Waals surface area contributed by atoms with Gasteiger partial charge in [-0.2, -0.15) is 0 Å². The Morgan fingerprint density at radius 2 is 1.89 bits per heavy atom. The number of furan rings is 1. The van der Waals surface area contributed by atoms with Gasteiger partial charge in [0.2, 0.25) is 0 Å². The van der Waals surface area contributed by atoms with Crippen molar-refractivity contribution in [3.63, 3.8) is 0 Å². The lowest BCUT2D eigenvalue weighted by molar-refractivity contribution is -0.180. The van der Waals surface area contributed by atoms with Crippen LogP contribution >= 0.6 is 0 Å². The molecular weight excluding hydrogens is 360 g/mol. The van der Waals surface area contributed by atoms with E-state index in [9.17, 15) is 20.4 Å². The van der Waals surface area contributed by atoms with Crippen LogP contribution in [0.15, 0.2) is 46.9 Å². The fourth-order valence-corrected chi connectivity index (χ4v) is 3.82. The normalized spacial score (nSPS) is 25.3. The predicted octanol–water partition coefficient (Wildman–Crippen LogP) is 2.58. The van der Waals surface area contributed by atoms with Gasteiger partial charge in [-0.3, -0.25) is 0 Å². The van der Waals surface area contributed by atoms with Crippen LogP contribution in [0.5, 0.6) is 5.75 Å². The van der Waals surface area contributed by atoms with Gasteiger partial charge in [-0.05, 0) is 42.3 Å². The summed E-state index contributed by atoms with van der Waals surface area (Å²) in [5.41, 5.74) is 3.00. The molecule has 1 aliphatic rings. The topological polar surface area (TPSA) is 103 Å². The minimum absolute atomic E-state index is 0.0132. The molecule has 0 saturated carbocycles. The maximum atomic E-state index is 10.5. The third kappa shape index (κ3) is 3.52. The molecule has 0 amide bonds. The summed E-state index contributed by atoms with van der Waals surface area (Å²) < 4.78 is 11.6. The van der Waals surface area contributed by atoms with E-state index in [1.54, 1.807) is 12.1 Å². The van der Waals surface area contributed by atoms with Crippen LogP contribution < -0.4 is 0 Å². The number of hydrogen-bond acceptors (Lipinski definition) is 6. The molecule has 2 heterocycles. The number of aryl methyl sites for hydroxylation is 1. The Hall–Kier alpha value is -2.38. The third-order valence-electron chi connectivity index (χ3n) is 5.38. The second kappa shape index (κ2) is 7.56. The Balaban J connectivity index is 1.67. The molecule has 1 aromatic heterocycles. The maximum Gasteiger partial charge on any atom is 0.134 e. The lowest BCUT2D eigenvalue weighted by Gasteiger charge is -2.37. The molecular formula is C22H24O6. The average molecular weight is 384 g/mol. The van der Waals surface area contributed by atoms with Crippen molar-refractivity contribution in [2.75, 3.05) is 6.61 Å². The fraction of sp³-hybridized carbons (Fsp3) is 0.364. The third-order valence-corrected chi connectivity index (χ3v) is 5.38. The van der Waals surface area contributed by atoms with E-state index in [0.29, 0.717) is 12.0 Å². The highest BCUT2D eigenvalue weighted by molar-refractivity contribution is 5.77. The highest BCUT2D eigenvalue weighted by Crippen LogP contribution is 2.38. The van der Waals surface area contributed by atoms with E-state index >= 15 is 0 Å². The van der Waals surface area contributed by atoms with Crippen LogP contribution in [-0.2, 0) is 11.2 Å². The summed E-state index contributed by atoms with van der Waals surface area (Å²) in [6.45, 7) is 1.63. The number of ether oxygens (including phenoxy) is 1. The van der Waals surface area contributed by atoms with Gasteiger partial charge in [0.25, 0.3) is 0 Å². The number of aliphatic hydroxyl groups excluding tert-OH is 3. The molecule has 1 fully saturated rings. The lowest BCUT2D eigenvalue weighted by atomic mass is 9.90. The number of benzene rings is 2. The first kappa shape index (κ1) is 19.0. The number of para-hydroxylation sites is 1. The smallest absolute Gasteiger partial charge is 0.134 e. The van der Waals surface area contributed by atoms with E-state index in [1.807, 2.05) is 37.3 Å². The second-order valence-electron chi connectivity index (χ2n) is 7.42. The highest BCUT2D eigenvalue weighted by atomic mass is 16.5. The number of phenols is 1. The molecule has 2 aromatic carbocycles. The van der Waals surface area contributed by atoms with Crippen molar-refractivity contribution in [1.82, 2.24) is 0 Å². The minimum atomic E-state index is -1.18. The van der Waals surface area contributed by atoms with Crippen LogP contribution in [0.3, 0.4) is 0 Å². The summed E-state index contributed by atoms with van der Waals surface area (Å²) in [6.07, 6.45) is -3.07. The predicted molar refractivity (Wildman–Crippen MR) is 103 cm³/mol. The van der Waals surface area contributed by atoms with Crippen molar-refractivity contribution in [3.05, 3.63) is 64.9 Å². The van der Waals surface area contributed by atoms with Gasteiger partial charge in [-0.25, -0.2) is 0 Å². The molecule has 0 spiro atoms. The van der Waals surface area contributed by atoms with E-state index < -0.39 is 24.4 Å². The summed E-state index contributed by atoms with van der Waals surface area (Å²) in [5, 5.41) is 41.4. The minimum Gasteiger partial charge on any atom is -0.508 e. The number of rotatable bonds is 4. The largest absolute Gasteiger partial charge is 0.508 e. The molecule has 1 unspecified atom stereocenters.